The lowest BCUT2D eigenvalue weighted by molar-refractivity contribution is 0.00578. The Hall–Kier alpha value is -4.90. The summed E-state index contributed by atoms with van der Waals surface area (Å²) < 4.78 is 15.3. The van der Waals surface area contributed by atoms with Crippen LogP contribution in [0.5, 0.6) is 0 Å². The van der Waals surface area contributed by atoms with E-state index in [1.165, 1.54) is 66.4 Å². The molecule has 8 rings (SSSR count). The smallest absolute Gasteiger partial charge is 0.399 e. The SMILES string of the molecule is Cc1ccc(B2OC(C)(C)C(C)(C)O2)cc1-c1cc(-c2ccc3c(c2)c2ccccc2n3-c2ccccc2)ccc1Cc1ccccc1. The second kappa shape index (κ2) is 11.7. The van der Waals surface area contributed by atoms with Gasteiger partial charge in [-0.2, -0.15) is 0 Å². The van der Waals surface area contributed by atoms with E-state index in [0.717, 1.165) is 11.9 Å². The van der Waals surface area contributed by atoms with Crippen molar-refractivity contribution in [2.45, 2.75) is 52.2 Å². The number of rotatable bonds is 6. The molecule has 3 nitrogen and oxygen atoms in total. The summed E-state index contributed by atoms with van der Waals surface area (Å²) in [6.07, 6.45) is 0.847. The molecule has 1 aromatic heterocycles. The molecule has 0 N–H and O–H groups in total. The van der Waals surface area contributed by atoms with Crippen LogP contribution in [0, 0.1) is 6.92 Å². The zero-order valence-electron chi connectivity index (χ0n) is 28.3. The zero-order chi connectivity index (χ0) is 33.0. The van der Waals surface area contributed by atoms with Crippen LogP contribution in [0.4, 0.5) is 0 Å². The van der Waals surface area contributed by atoms with Gasteiger partial charge in [-0.1, -0.05) is 103 Å². The van der Waals surface area contributed by atoms with Crippen molar-refractivity contribution in [3.8, 4) is 27.9 Å². The highest BCUT2D eigenvalue weighted by molar-refractivity contribution is 6.62. The third kappa shape index (κ3) is 5.26. The molecule has 0 aliphatic carbocycles. The summed E-state index contributed by atoms with van der Waals surface area (Å²) in [4.78, 5) is 0. The van der Waals surface area contributed by atoms with E-state index in [1.54, 1.807) is 0 Å². The Morgan fingerprint density at radius 3 is 1.94 bits per heavy atom. The summed E-state index contributed by atoms with van der Waals surface area (Å²) >= 11 is 0. The number of benzene rings is 6. The average Bonchev–Trinajstić information content (AvgIpc) is 3.54. The van der Waals surface area contributed by atoms with Gasteiger partial charge in [0, 0.05) is 16.5 Å². The van der Waals surface area contributed by atoms with Crippen LogP contribution in [0.25, 0.3) is 49.7 Å². The molecule has 0 saturated carbocycles. The van der Waals surface area contributed by atoms with Gasteiger partial charge < -0.3 is 13.9 Å². The molecule has 1 aliphatic rings. The summed E-state index contributed by atoms with van der Waals surface area (Å²) in [5.74, 6) is 0. The Morgan fingerprint density at radius 2 is 1.19 bits per heavy atom. The Kier molecular flexibility index (Phi) is 7.40. The van der Waals surface area contributed by atoms with Gasteiger partial charge >= 0.3 is 7.12 Å². The fourth-order valence-corrected chi connectivity index (χ4v) is 7.04. The first-order chi connectivity index (χ1) is 23.2. The minimum absolute atomic E-state index is 0.399. The minimum atomic E-state index is -0.417. The first-order valence-electron chi connectivity index (χ1n) is 16.9. The van der Waals surface area contributed by atoms with Crippen LogP contribution in [0.3, 0.4) is 0 Å². The summed E-state index contributed by atoms with van der Waals surface area (Å²) in [6, 6.07) is 50.6. The lowest BCUT2D eigenvalue weighted by Gasteiger charge is -2.32. The van der Waals surface area contributed by atoms with E-state index in [9.17, 15) is 0 Å². The number of hydrogen-bond acceptors (Lipinski definition) is 2. The first-order valence-corrected chi connectivity index (χ1v) is 16.9. The summed E-state index contributed by atoms with van der Waals surface area (Å²) in [7, 11) is -0.417. The maximum absolute atomic E-state index is 6.49. The van der Waals surface area contributed by atoms with Crippen LogP contribution in [0.15, 0.2) is 140 Å². The first kappa shape index (κ1) is 30.4. The molecular weight excluding hydrogens is 585 g/mol. The number of hydrogen-bond donors (Lipinski definition) is 0. The Balaban J connectivity index is 1.27. The Morgan fingerprint density at radius 1 is 0.562 bits per heavy atom. The highest BCUT2D eigenvalue weighted by Crippen LogP contribution is 2.39. The molecule has 1 fully saturated rings. The highest BCUT2D eigenvalue weighted by atomic mass is 16.7. The van der Waals surface area contributed by atoms with Crippen LogP contribution >= 0.6 is 0 Å². The van der Waals surface area contributed by atoms with Gasteiger partial charge in [0.25, 0.3) is 0 Å². The van der Waals surface area contributed by atoms with Crippen molar-refractivity contribution in [1.29, 1.82) is 0 Å². The number of aromatic nitrogens is 1. The molecule has 2 heterocycles. The van der Waals surface area contributed by atoms with Crippen LogP contribution in [0.2, 0.25) is 0 Å². The van der Waals surface area contributed by atoms with Gasteiger partial charge in [0.15, 0.2) is 0 Å². The maximum Gasteiger partial charge on any atom is 0.494 e. The molecule has 4 heteroatoms. The number of nitrogens with zero attached hydrogens (tertiary/aromatic N) is 1. The lowest BCUT2D eigenvalue weighted by atomic mass is 9.76. The van der Waals surface area contributed by atoms with Gasteiger partial charge in [-0.15, -0.1) is 0 Å². The fourth-order valence-electron chi connectivity index (χ4n) is 7.04. The van der Waals surface area contributed by atoms with E-state index >= 15 is 0 Å². The molecule has 0 spiro atoms. The predicted octanol–water partition coefficient (Wildman–Crippen LogP) is 10.3. The normalized spacial score (nSPS) is 15.4. The number of fused-ring (bicyclic) bond motifs is 3. The van der Waals surface area contributed by atoms with Gasteiger partial charge in [0.2, 0.25) is 0 Å². The summed E-state index contributed by atoms with van der Waals surface area (Å²) in [5.41, 5.74) is 12.5. The van der Waals surface area contributed by atoms with Gasteiger partial charge in [-0.3, -0.25) is 0 Å². The third-order valence-electron chi connectivity index (χ3n) is 10.4. The van der Waals surface area contributed by atoms with E-state index in [-0.39, 0.29) is 0 Å². The van der Waals surface area contributed by atoms with Crippen LogP contribution < -0.4 is 5.46 Å². The van der Waals surface area contributed by atoms with Crippen molar-refractivity contribution in [1.82, 2.24) is 4.57 Å². The molecule has 0 amide bonds. The average molecular weight is 626 g/mol. The lowest BCUT2D eigenvalue weighted by Crippen LogP contribution is -2.41. The fraction of sp³-hybridized carbons (Fsp3) is 0.182. The highest BCUT2D eigenvalue weighted by Gasteiger charge is 2.51. The monoisotopic (exact) mass is 625 g/mol. The quantitative estimate of drug-likeness (QED) is 0.172. The van der Waals surface area contributed by atoms with E-state index in [2.05, 4.69) is 179 Å². The maximum atomic E-state index is 6.49. The molecule has 6 aromatic carbocycles. The second-order valence-corrected chi connectivity index (χ2v) is 14.1. The van der Waals surface area contributed by atoms with E-state index in [4.69, 9.17) is 9.31 Å². The molecule has 1 saturated heterocycles. The van der Waals surface area contributed by atoms with Crippen LogP contribution in [-0.4, -0.2) is 22.9 Å². The van der Waals surface area contributed by atoms with E-state index < -0.39 is 18.3 Å². The molecule has 0 radical (unpaired) electrons. The second-order valence-electron chi connectivity index (χ2n) is 14.1. The Bertz CT molecular complexity index is 2270. The molecule has 0 atom stereocenters. The minimum Gasteiger partial charge on any atom is -0.399 e. The van der Waals surface area contributed by atoms with Crippen LogP contribution in [-0.2, 0) is 15.7 Å². The van der Waals surface area contributed by atoms with E-state index in [1.807, 2.05) is 0 Å². The summed E-state index contributed by atoms with van der Waals surface area (Å²) in [5, 5.41) is 2.51. The molecule has 236 valence electrons. The molecule has 1 aliphatic heterocycles. The van der Waals surface area contributed by atoms with E-state index in [0.29, 0.717) is 0 Å². The molecule has 48 heavy (non-hydrogen) atoms. The van der Waals surface area contributed by atoms with Crippen molar-refractivity contribution in [2.24, 2.45) is 0 Å². The Labute approximate surface area is 283 Å². The number of para-hydroxylation sites is 2. The van der Waals surface area contributed by atoms with Gasteiger partial charge in [-0.05, 0) is 122 Å². The van der Waals surface area contributed by atoms with Crippen molar-refractivity contribution in [3.63, 3.8) is 0 Å². The summed E-state index contributed by atoms with van der Waals surface area (Å²) in [6.45, 7) is 10.6. The van der Waals surface area contributed by atoms with Gasteiger partial charge in [0.1, 0.15) is 0 Å². The third-order valence-corrected chi connectivity index (χ3v) is 10.4. The topological polar surface area (TPSA) is 23.4 Å². The molecule has 0 unspecified atom stereocenters. The molecule has 7 aromatic rings. The number of aryl methyl sites for hydroxylation is 1. The predicted molar refractivity (Wildman–Crippen MR) is 201 cm³/mol. The van der Waals surface area contributed by atoms with Crippen molar-refractivity contribution in [3.05, 3.63) is 156 Å². The zero-order valence-corrected chi connectivity index (χ0v) is 28.3. The molecule has 0 bridgehead atoms. The standard InChI is InChI=1S/C44H40BNO2/c1-30-20-24-35(45-47-43(2,3)44(4,5)48-45)29-38(30)39-27-32(21-22-34(39)26-31-14-8-6-9-15-31)33-23-25-42-40(28-33)37-18-12-13-19-41(37)46(42)36-16-10-7-11-17-36/h6-25,27-29H,26H2,1-5H3. The largest absolute Gasteiger partial charge is 0.494 e. The van der Waals surface area contributed by atoms with Crippen molar-refractivity contribution in [2.75, 3.05) is 0 Å². The van der Waals surface area contributed by atoms with Gasteiger partial charge in [0.05, 0.1) is 22.2 Å². The van der Waals surface area contributed by atoms with Crippen molar-refractivity contribution < 1.29 is 9.31 Å². The van der Waals surface area contributed by atoms with Crippen LogP contribution in [0.1, 0.15) is 44.4 Å². The van der Waals surface area contributed by atoms with Gasteiger partial charge in [-0.25, -0.2) is 0 Å². The molecular formula is C44H40BNO2. The van der Waals surface area contributed by atoms with Crippen molar-refractivity contribution >= 4 is 34.4 Å².